The number of para-hydroxylation sites is 1. The van der Waals surface area contributed by atoms with Crippen LogP contribution in [0.25, 0.3) is 0 Å². The van der Waals surface area contributed by atoms with E-state index in [0.29, 0.717) is 18.3 Å². The van der Waals surface area contributed by atoms with E-state index in [1.54, 1.807) is 12.1 Å². The highest BCUT2D eigenvalue weighted by Gasteiger charge is 2.40. The fraction of sp³-hybridized carbons (Fsp3) is 0.538. The second kappa shape index (κ2) is 5.04. The minimum Gasteiger partial charge on any atom is -0.413 e. The summed E-state index contributed by atoms with van der Waals surface area (Å²) >= 11 is 0. The third-order valence-electron chi connectivity index (χ3n) is 3.66. The summed E-state index contributed by atoms with van der Waals surface area (Å²) in [4.78, 5) is 0. The van der Waals surface area contributed by atoms with Gasteiger partial charge in [0.2, 0.25) is 0 Å². The minimum absolute atomic E-state index is 0.280. The molecule has 1 aliphatic carbocycles. The molecule has 1 saturated heterocycles. The van der Waals surface area contributed by atoms with Crippen molar-refractivity contribution >= 4 is 7.75 Å². The molecule has 1 aromatic rings. The quantitative estimate of drug-likeness (QED) is 0.835. The van der Waals surface area contributed by atoms with Gasteiger partial charge in [0.1, 0.15) is 5.75 Å². The Hall–Kier alpha value is -0.830. The van der Waals surface area contributed by atoms with Gasteiger partial charge in [0, 0.05) is 6.04 Å². The van der Waals surface area contributed by atoms with Crippen molar-refractivity contribution in [2.24, 2.45) is 5.92 Å². The van der Waals surface area contributed by atoms with Gasteiger partial charge in [-0.1, -0.05) is 31.0 Å². The summed E-state index contributed by atoms with van der Waals surface area (Å²) in [5.41, 5.74) is 0. The van der Waals surface area contributed by atoms with E-state index < -0.39 is 7.75 Å². The lowest BCUT2D eigenvalue weighted by Gasteiger charge is -2.38. The van der Waals surface area contributed by atoms with Crippen LogP contribution >= 0.6 is 7.75 Å². The first-order chi connectivity index (χ1) is 8.75. The number of fused-ring (bicyclic) bond motifs is 1. The maximum absolute atomic E-state index is 12.5. The molecule has 1 N–H and O–H groups in total. The average Bonchev–Trinajstić information content (AvgIpc) is 2.39. The molecule has 98 valence electrons. The third-order valence-corrected chi connectivity index (χ3v) is 5.25. The molecule has 1 saturated carbocycles. The number of hydrogen-bond donors (Lipinski definition) is 1. The molecule has 0 spiro atoms. The van der Waals surface area contributed by atoms with Gasteiger partial charge >= 0.3 is 7.75 Å². The summed E-state index contributed by atoms with van der Waals surface area (Å²) in [5.74, 6) is 1.07. The lowest BCUT2D eigenvalue weighted by molar-refractivity contribution is 0.123. The largest absolute Gasteiger partial charge is 0.458 e. The van der Waals surface area contributed by atoms with Crippen molar-refractivity contribution in [2.45, 2.75) is 31.7 Å². The molecule has 3 atom stereocenters. The van der Waals surface area contributed by atoms with Gasteiger partial charge < -0.3 is 4.52 Å². The van der Waals surface area contributed by atoms with E-state index in [0.717, 1.165) is 12.8 Å². The SMILES string of the molecule is O=[P@@]1(Oc2ccccc2)N[C@@H]2CCCC[C@@H]2CO1. The predicted molar refractivity (Wildman–Crippen MR) is 69.5 cm³/mol. The van der Waals surface area contributed by atoms with Gasteiger partial charge in [0.05, 0.1) is 6.61 Å². The Morgan fingerprint density at radius 1 is 1.22 bits per heavy atom. The van der Waals surface area contributed by atoms with Crippen LogP contribution in [0.2, 0.25) is 0 Å². The Morgan fingerprint density at radius 3 is 2.83 bits per heavy atom. The van der Waals surface area contributed by atoms with Gasteiger partial charge in [-0.05, 0) is 30.9 Å². The zero-order valence-corrected chi connectivity index (χ0v) is 11.1. The standard InChI is InChI=1S/C13H18NO3P/c15-18(17-12-7-2-1-3-8-12)14-13-9-5-4-6-11(13)10-16-18/h1-3,7-8,11,13H,4-6,9-10H2,(H,14,15)/t11-,13-,18+/m1/s1. The number of hydrogen-bond acceptors (Lipinski definition) is 3. The molecule has 0 aromatic heterocycles. The molecule has 2 aliphatic rings. The van der Waals surface area contributed by atoms with E-state index in [-0.39, 0.29) is 6.04 Å². The maximum Gasteiger partial charge on any atom is 0.458 e. The highest BCUT2D eigenvalue weighted by atomic mass is 31.2. The molecule has 0 amide bonds. The van der Waals surface area contributed by atoms with Gasteiger partial charge in [-0.2, -0.15) is 0 Å². The van der Waals surface area contributed by atoms with Crippen molar-refractivity contribution in [3.05, 3.63) is 30.3 Å². The Balaban J connectivity index is 1.70. The predicted octanol–water partition coefficient (Wildman–Crippen LogP) is 3.35. The van der Waals surface area contributed by atoms with Crippen LogP contribution in [0.1, 0.15) is 25.7 Å². The fourth-order valence-corrected chi connectivity index (χ4v) is 4.40. The average molecular weight is 267 g/mol. The van der Waals surface area contributed by atoms with Crippen LogP contribution in [0.3, 0.4) is 0 Å². The van der Waals surface area contributed by atoms with Crippen molar-refractivity contribution in [3.63, 3.8) is 0 Å². The first kappa shape index (κ1) is 12.2. The van der Waals surface area contributed by atoms with E-state index in [9.17, 15) is 4.57 Å². The van der Waals surface area contributed by atoms with Gasteiger partial charge in [-0.25, -0.2) is 9.65 Å². The van der Waals surface area contributed by atoms with Crippen LogP contribution < -0.4 is 9.61 Å². The van der Waals surface area contributed by atoms with E-state index in [4.69, 9.17) is 9.05 Å². The molecule has 3 rings (SSSR count). The molecule has 2 fully saturated rings. The minimum atomic E-state index is -3.17. The normalized spacial score (nSPS) is 35.8. The Morgan fingerprint density at radius 2 is 2.00 bits per heavy atom. The van der Waals surface area contributed by atoms with Gasteiger partial charge in [-0.3, -0.25) is 4.52 Å². The van der Waals surface area contributed by atoms with Crippen LogP contribution in [0.5, 0.6) is 5.75 Å². The summed E-state index contributed by atoms with van der Waals surface area (Å²) in [6.07, 6.45) is 4.66. The van der Waals surface area contributed by atoms with E-state index in [1.165, 1.54) is 12.8 Å². The van der Waals surface area contributed by atoms with Gasteiger partial charge in [-0.15, -0.1) is 0 Å². The molecular weight excluding hydrogens is 249 g/mol. The monoisotopic (exact) mass is 267 g/mol. The maximum atomic E-state index is 12.5. The molecule has 5 heteroatoms. The second-order valence-corrected chi connectivity index (χ2v) is 6.67. The third kappa shape index (κ3) is 2.61. The van der Waals surface area contributed by atoms with Crippen molar-refractivity contribution in [3.8, 4) is 5.75 Å². The summed E-state index contributed by atoms with van der Waals surface area (Å²) in [6.45, 7) is 0.543. The molecule has 1 aromatic carbocycles. The van der Waals surface area contributed by atoms with Crippen molar-refractivity contribution < 1.29 is 13.6 Å². The number of benzene rings is 1. The van der Waals surface area contributed by atoms with E-state index >= 15 is 0 Å². The first-order valence-corrected chi connectivity index (χ1v) is 8.06. The topological polar surface area (TPSA) is 47.6 Å². The summed E-state index contributed by atoms with van der Waals surface area (Å²) in [5, 5.41) is 3.09. The number of rotatable bonds is 2. The van der Waals surface area contributed by atoms with Crippen LogP contribution in [-0.4, -0.2) is 12.6 Å². The Kier molecular flexibility index (Phi) is 3.42. The van der Waals surface area contributed by atoms with Gasteiger partial charge in [0.25, 0.3) is 0 Å². The highest BCUT2D eigenvalue weighted by molar-refractivity contribution is 7.52. The molecule has 0 unspecified atom stereocenters. The smallest absolute Gasteiger partial charge is 0.413 e. The Bertz CT molecular complexity index is 451. The number of nitrogens with one attached hydrogen (secondary N) is 1. The summed E-state index contributed by atoms with van der Waals surface area (Å²) in [6, 6.07) is 9.47. The van der Waals surface area contributed by atoms with E-state index in [1.807, 2.05) is 18.2 Å². The van der Waals surface area contributed by atoms with Crippen molar-refractivity contribution in [2.75, 3.05) is 6.61 Å². The van der Waals surface area contributed by atoms with Crippen LogP contribution in [0.15, 0.2) is 30.3 Å². The molecule has 1 heterocycles. The van der Waals surface area contributed by atoms with Crippen LogP contribution in [0.4, 0.5) is 0 Å². The van der Waals surface area contributed by atoms with E-state index in [2.05, 4.69) is 5.09 Å². The zero-order chi connectivity index (χ0) is 12.4. The molecule has 0 radical (unpaired) electrons. The summed E-state index contributed by atoms with van der Waals surface area (Å²) < 4.78 is 23.5. The second-order valence-electron chi connectivity index (χ2n) is 4.98. The molecule has 18 heavy (non-hydrogen) atoms. The molecule has 0 bridgehead atoms. The molecule has 4 nitrogen and oxygen atoms in total. The Labute approximate surface area is 107 Å². The van der Waals surface area contributed by atoms with Crippen molar-refractivity contribution in [1.82, 2.24) is 5.09 Å². The lowest BCUT2D eigenvalue weighted by atomic mass is 9.86. The van der Waals surface area contributed by atoms with Crippen LogP contribution in [-0.2, 0) is 9.09 Å². The first-order valence-electron chi connectivity index (χ1n) is 6.52. The lowest BCUT2D eigenvalue weighted by Crippen LogP contribution is -2.44. The highest BCUT2D eigenvalue weighted by Crippen LogP contribution is 2.50. The fourth-order valence-electron chi connectivity index (χ4n) is 2.68. The zero-order valence-electron chi connectivity index (χ0n) is 10.2. The van der Waals surface area contributed by atoms with Crippen LogP contribution in [0, 0.1) is 5.92 Å². The van der Waals surface area contributed by atoms with Gasteiger partial charge in [0.15, 0.2) is 0 Å². The molecular formula is C13H18NO3P. The molecule has 1 aliphatic heterocycles. The summed E-state index contributed by atoms with van der Waals surface area (Å²) in [7, 11) is -3.17. The van der Waals surface area contributed by atoms with Crippen molar-refractivity contribution in [1.29, 1.82) is 0 Å².